The van der Waals surface area contributed by atoms with Crippen LogP contribution < -0.4 is 5.73 Å². The van der Waals surface area contributed by atoms with Crippen molar-refractivity contribution in [2.45, 2.75) is 30.3 Å². The third-order valence-corrected chi connectivity index (χ3v) is 4.08. The quantitative estimate of drug-likeness (QED) is 0.799. The standard InChI is InChI=1S/C13H19NOS/c14-8-7-11-4-1-2-6-13(11)16-10-12-5-3-9-15-12/h1-2,4,6,12H,3,5,7-10,14H2. The topological polar surface area (TPSA) is 35.2 Å². The Labute approximate surface area is 102 Å². The van der Waals surface area contributed by atoms with Gasteiger partial charge in [-0.15, -0.1) is 11.8 Å². The normalized spacial score (nSPS) is 20.2. The molecule has 3 heteroatoms. The zero-order valence-corrected chi connectivity index (χ0v) is 10.3. The van der Waals surface area contributed by atoms with E-state index in [-0.39, 0.29) is 0 Å². The Morgan fingerprint density at radius 2 is 2.25 bits per heavy atom. The van der Waals surface area contributed by atoms with Crippen LogP contribution in [-0.4, -0.2) is 25.0 Å². The van der Waals surface area contributed by atoms with Crippen molar-refractivity contribution in [3.63, 3.8) is 0 Å². The summed E-state index contributed by atoms with van der Waals surface area (Å²) in [5.41, 5.74) is 6.98. The van der Waals surface area contributed by atoms with Crippen LogP contribution in [0.1, 0.15) is 18.4 Å². The van der Waals surface area contributed by atoms with E-state index in [0.717, 1.165) is 25.3 Å². The van der Waals surface area contributed by atoms with Crippen molar-refractivity contribution in [3.8, 4) is 0 Å². The monoisotopic (exact) mass is 237 g/mol. The Morgan fingerprint density at radius 3 is 3.00 bits per heavy atom. The van der Waals surface area contributed by atoms with Crippen LogP contribution in [0, 0.1) is 0 Å². The first-order chi connectivity index (χ1) is 7.90. The summed E-state index contributed by atoms with van der Waals surface area (Å²) in [4.78, 5) is 1.36. The molecule has 1 saturated heterocycles. The maximum atomic E-state index is 5.63. The maximum absolute atomic E-state index is 5.63. The number of hydrogen-bond acceptors (Lipinski definition) is 3. The largest absolute Gasteiger partial charge is 0.377 e. The molecule has 0 radical (unpaired) electrons. The van der Waals surface area contributed by atoms with Crippen molar-refractivity contribution in [1.29, 1.82) is 0 Å². The number of ether oxygens (including phenoxy) is 1. The van der Waals surface area contributed by atoms with E-state index in [2.05, 4.69) is 24.3 Å². The molecule has 16 heavy (non-hydrogen) atoms. The predicted molar refractivity (Wildman–Crippen MR) is 68.9 cm³/mol. The number of rotatable bonds is 5. The molecule has 0 amide bonds. The molecule has 1 atom stereocenters. The molecule has 2 rings (SSSR count). The van der Waals surface area contributed by atoms with Crippen LogP contribution in [-0.2, 0) is 11.2 Å². The highest BCUT2D eigenvalue weighted by atomic mass is 32.2. The summed E-state index contributed by atoms with van der Waals surface area (Å²) in [7, 11) is 0. The third kappa shape index (κ3) is 3.24. The molecule has 0 bridgehead atoms. The molecule has 1 aliphatic rings. The summed E-state index contributed by atoms with van der Waals surface area (Å²) in [6.45, 7) is 1.66. The summed E-state index contributed by atoms with van der Waals surface area (Å²) in [5.74, 6) is 1.07. The van der Waals surface area contributed by atoms with E-state index in [1.165, 1.54) is 23.3 Å². The summed E-state index contributed by atoms with van der Waals surface area (Å²) in [5, 5.41) is 0. The van der Waals surface area contributed by atoms with E-state index in [0.29, 0.717) is 6.10 Å². The molecular formula is C13H19NOS. The molecule has 88 valence electrons. The SMILES string of the molecule is NCCc1ccccc1SCC1CCCO1. The van der Waals surface area contributed by atoms with Crippen molar-refractivity contribution in [1.82, 2.24) is 0 Å². The van der Waals surface area contributed by atoms with Gasteiger partial charge in [0.15, 0.2) is 0 Å². The zero-order valence-electron chi connectivity index (χ0n) is 9.52. The van der Waals surface area contributed by atoms with E-state index in [4.69, 9.17) is 10.5 Å². The van der Waals surface area contributed by atoms with Crippen LogP contribution in [0.15, 0.2) is 29.2 Å². The molecule has 1 aromatic rings. The molecule has 0 spiro atoms. The Kier molecular flexibility index (Phi) is 4.69. The van der Waals surface area contributed by atoms with Crippen molar-refractivity contribution >= 4 is 11.8 Å². The van der Waals surface area contributed by atoms with Gasteiger partial charge in [-0.05, 0) is 37.4 Å². The molecule has 2 nitrogen and oxygen atoms in total. The lowest BCUT2D eigenvalue weighted by molar-refractivity contribution is 0.129. The van der Waals surface area contributed by atoms with Gasteiger partial charge in [-0.3, -0.25) is 0 Å². The van der Waals surface area contributed by atoms with Crippen LogP contribution in [0.4, 0.5) is 0 Å². The van der Waals surface area contributed by atoms with E-state index < -0.39 is 0 Å². The Hall–Kier alpha value is -0.510. The molecule has 1 fully saturated rings. The second-order valence-corrected chi connectivity index (χ2v) is 5.15. The Balaban J connectivity index is 1.91. The first-order valence-corrected chi connectivity index (χ1v) is 6.91. The van der Waals surface area contributed by atoms with Crippen LogP contribution >= 0.6 is 11.8 Å². The molecule has 1 aromatic carbocycles. The highest BCUT2D eigenvalue weighted by Crippen LogP contribution is 2.26. The molecule has 0 saturated carbocycles. The summed E-state index contributed by atoms with van der Waals surface area (Å²) in [6.07, 6.45) is 3.85. The lowest BCUT2D eigenvalue weighted by Crippen LogP contribution is -2.08. The fraction of sp³-hybridized carbons (Fsp3) is 0.538. The molecule has 1 heterocycles. The highest BCUT2D eigenvalue weighted by Gasteiger charge is 2.15. The number of hydrogen-bond donors (Lipinski definition) is 1. The fourth-order valence-corrected chi connectivity index (χ4v) is 3.12. The number of benzene rings is 1. The van der Waals surface area contributed by atoms with Crippen LogP contribution in [0.3, 0.4) is 0 Å². The second kappa shape index (κ2) is 6.28. The fourth-order valence-electron chi connectivity index (χ4n) is 1.97. The highest BCUT2D eigenvalue weighted by molar-refractivity contribution is 7.99. The molecule has 0 aliphatic carbocycles. The number of nitrogens with two attached hydrogens (primary N) is 1. The van der Waals surface area contributed by atoms with Gasteiger partial charge >= 0.3 is 0 Å². The molecule has 1 aliphatic heterocycles. The Bertz CT molecular complexity index is 323. The van der Waals surface area contributed by atoms with Crippen LogP contribution in [0.25, 0.3) is 0 Å². The Morgan fingerprint density at radius 1 is 1.38 bits per heavy atom. The van der Waals surface area contributed by atoms with Gasteiger partial charge < -0.3 is 10.5 Å². The molecule has 1 unspecified atom stereocenters. The van der Waals surface area contributed by atoms with Gasteiger partial charge in [-0.2, -0.15) is 0 Å². The van der Waals surface area contributed by atoms with Gasteiger partial charge in [-0.1, -0.05) is 18.2 Å². The molecule has 0 aromatic heterocycles. The van der Waals surface area contributed by atoms with E-state index in [1.807, 2.05) is 11.8 Å². The minimum Gasteiger partial charge on any atom is -0.377 e. The van der Waals surface area contributed by atoms with Gasteiger partial charge in [0.2, 0.25) is 0 Å². The average Bonchev–Trinajstić information content (AvgIpc) is 2.81. The van der Waals surface area contributed by atoms with E-state index in [1.54, 1.807) is 0 Å². The van der Waals surface area contributed by atoms with E-state index in [9.17, 15) is 0 Å². The van der Waals surface area contributed by atoms with Crippen molar-refractivity contribution < 1.29 is 4.74 Å². The molecule has 2 N–H and O–H groups in total. The third-order valence-electron chi connectivity index (χ3n) is 2.84. The molecular weight excluding hydrogens is 218 g/mol. The first-order valence-electron chi connectivity index (χ1n) is 5.92. The average molecular weight is 237 g/mol. The lowest BCUT2D eigenvalue weighted by Gasteiger charge is -2.11. The predicted octanol–water partition coefficient (Wildman–Crippen LogP) is 2.46. The van der Waals surface area contributed by atoms with Crippen LogP contribution in [0.2, 0.25) is 0 Å². The smallest absolute Gasteiger partial charge is 0.0669 e. The van der Waals surface area contributed by atoms with Gasteiger partial charge in [0.25, 0.3) is 0 Å². The number of thioether (sulfide) groups is 1. The van der Waals surface area contributed by atoms with Gasteiger partial charge in [-0.25, -0.2) is 0 Å². The van der Waals surface area contributed by atoms with Crippen molar-refractivity contribution in [3.05, 3.63) is 29.8 Å². The first kappa shape index (κ1) is 12.0. The minimum atomic E-state index is 0.455. The van der Waals surface area contributed by atoms with Gasteiger partial charge in [0.1, 0.15) is 0 Å². The van der Waals surface area contributed by atoms with Gasteiger partial charge in [0.05, 0.1) is 6.10 Å². The van der Waals surface area contributed by atoms with Crippen LogP contribution in [0.5, 0.6) is 0 Å². The zero-order chi connectivity index (χ0) is 11.2. The van der Waals surface area contributed by atoms with Crippen molar-refractivity contribution in [2.24, 2.45) is 5.73 Å². The second-order valence-electron chi connectivity index (χ2n) is 4.09. The maximum Gasteiger partial charge on any atom is 0.0669 e. The summed E-state index contributed by atoms with van der Waals surface area (Å²) < 4.78 is 5.63. The summed E-state index contributed by atoms with van der Waals surface area (Å²) >= 11 is 1.90. The summed E-state index contributed by atoms with van der Waals surface area (Å²) in [6, 6.07) is 8.54. The minimum absolute atomic E-state index is 0.455. The van der Waals surface area contributed by atoms with Gasteiger partial charge in [0, 0.05) is 17.3 Å². The van der Waals surface area contributed by atoms with Crippen molar-refractivity contribution in [2.75, 3.05) is 18.9 Å². The van der Waals surface area contributed by atoms with E-state index >= 15 is 0 Å². The lowest BCUT2D eigenvalue weighted by atomic mass is 10.1.